The Morgan fingerprint density at radius 1 is 1.21 bits per heavy atom. The van der Waals surface area contributed by atoms with Crippen molar-refractivity contribution >= 4 is 23.2 Å². The van der Waals surface area contributed by atoms with Gasteiger partial charge in [0.05, 0.1) is 6.04 Å². The second-order valence-corrected chi connectivity index (χ2v) is 7.17. The lowest BCUT2D eigenvalue weighted by Crippen LogP contribution is -2.42. The van der Waals surface area contributed by atoms with E-state index in [1.54, 1.807) is 11.3 Å². The van der Waals surface area contributed by atoms with E-state index in [4.69, 9.17) is 4.74 Å². The predicted octanol–water partition coefficient (Wildman–Crippen LogP) is 2.60. The molecule has 0 saturated carbocycles. The van der Waals surface area contributed by atoms with Crippen LogP contribution in [0.25, 0.3) is 0 Å². The molecule has 0 radical (unpaired) electrons. The van der Waals surface area contributed by atoms with Crippen molar-refractivity contribution in [3.05, 3.63) is 64.1 Å². The molecule has 3 aromatic rings. The maximum Gasteiger partial charge on any atom is 0.408 e. The second kappa shape index (κ2) is 9.75. The normalized spacial score (nSPS) is 11.8. The van der Waals surface area contributed by atoms with Gasteiger partial charge >= 0.3 is 6.09 Å². The highest BCUT2D eigenvalue weighted by atomic mass is 32.1. The van der Waals surface area contributed by atoms with Gasteiger partial charge in [-0.1, -0.05) is 43.3 Å². The lowest BCUT2D eigenvalue weighted by Gasteiger charge is -2.16. The van der Waals surface area contributed by atoms with Gasteiger partial charge in [-0.2, -0.15) is 0 Å². The van der Waals surface area contributed by atoms with Gasteiger partial charge in [-0.15, -0.1) is 16.4 Å². The van der Waals surface area contributed by atoms with Gasteiger partial charge in [0.15, 0.2) is 11.6 Å². The zero-order chi connectivity index (χ0) is 19.8. The van der Waals surface area contributed by atoms with Crippen molar-refractivity contribution < 1.29 is 14.3 Å². The molecule has 2 aromatic heterocycles. The summed E-state index contributed by atoms with van der Waals surface area (Å²) in [6.07, 6.45) is 0.378. The number of aromatic nitrogens is 4. The van der Waals surface area contributed by atoms with Crippen LogP contribution >= 0.6 is 11.3 Å². The SMILES string of the molecule is CCC(NC(=O)OCc1ccccc1)C(=O)Cn1nnnc1Cc1cccs1. The van der Waals surface area contributed by atoms with Crippen LogP contribution in [-0.4, -0.2) is 38.1 Å². The molecule has 0 aliphatic heterocycles. The number of ketones is 1. The second-order valence-electron chi connectivity index (χ2n) is 6.14. The first kappa shape index (κ1) is 19.7. The van der Waals surface area contributed by atoms with E-state index < -0.39 is 12.1 Å². The standard InChI is InChI=1S/C19H21N5O3S/c1-2-16(20-19(26)27-13-14-7-4-3-5-8-14)17(25)12-24-18(21-22-23-24)11-15-9-6-10-28-15/h3-10,16H,2,11-13H2,1H3,(H,20,26). The molecule has 1 unspecified atom stereocenters. The minimum Gasteiger partial charge on any atom is -0.445 e. The van der Waals surface area contributed by atoms with Crippen LogP contribution in [0.3, 0.4) is 0 Å². The highest BCUT2D eigenvalue weighted by Crippen LogP contribution is 2.13. The predicted molar refractivity (Wildman–Crippen MR) is 104 cm³/mol. The van der Waals surface area contributed by atoms with E-state index in [1.807, 2.05) is 54.8 Å². The van der Waals surface area contributed by atoms with E-state index in [9.17, 15) is 9.59 Å². The molecule has 0 spiro atoms. The third kappa shape index (κ3) is 5.46. The molecule has 1 N–H and O–H groups in total. The average Bonchev–Trinajstić information content (AvgIpc) is 3.38. The zero-order valence-electron chi connectivity index (χ0n) is 15.4. The van der Waals surface area contributed by atoms with E-state index in [0.717, 1.165) is 10.4 Å². The summed E-state index contributed by atoms with van der Waals surface area (Å²) in [7, 11) is 0. The number of ether oxygens (including phenoxy) is 1. The average molecular weight is 399 g/mol. The van der Waals surface area contributed by atoms with Crippen LogP contribution < -0.4 is 5.32 Å². The first-order chi connectivity index (χ1) is 13.7. The fourth-order valence-corrected chi connectivity index (χ4v) is 3.32. The number of nitrogens with zero attached hydrogens (tertiary/aromatic N) is 4. The molecule has 146 valence electrons. The van der Waals surface area contributed by atoms with Gasteiger partial charge in [-0.05, 0) is 33.9 Å². The quantitative estimate of drug-likeness (QED) is 0.594. The first-order valence-corrected chi connectivity index (χ1v) is 9.81. The Balaban J connectivity index is 1.53. The van der Waals surface area contributed by atoms with Gasteiger partial charge in [-0.25, -0.2) is 9.48 Å². The summed E-state index contributed by atoms with van der Waals surface area (Å²) < 4.78 is 6.67. The number of benzene rings is 1. The summed E-state index contributed by atoms with van der Waals surface area (Å²) in [6.45, 7) is 1.96. The van der Waals surface area contributed by atoms with Crippen molar-refractivity contribution in [2.75, 3.05) is 0 Å². The molecule has 1 aromatic carbocycles. The number of thiophene rings is 1. The molecule has 0 bridgehead atoms. The molecule has 1 amide bonds. The Hall–Kier alpha value is -3.07. The van der Waals surface area contributed by atoms with E-state index in [2.05, 4.69) is 20.8 Å². The number of carbonyl (C=O) groups is 2. The Kier molecular flexibility index (Phi) is 6.85. The number of alkyl carbamates (subject to hydrolysis) is 1. The van der Waals surface area contributed by atoms with E-state index in [1.165, 1.54) is 4.68 Å². The van der Waals surface area contributed by atoms with Gasteiger partial charge in [0.25, 0.3) is 0 Å². The molecular weight excluding hydrogens is 378 g/mol. The molecule has 0 saturated heterocycles. The molecule has 3 rings (SSSR count). The zero-order valence-corrected chi connectivity index (χ0v) is 16.3. The summed E-state index contributed by atoms with van der Waals surface area (Å²) in [5, 5.41) is 16.2. The molecule has 0 aliphatic rings. The lowest BCUT2D eigenvalue weighted by molar-refractivity contribution is -0.121. The number of amides is 1. The van der Waals surface area contributed by atoms with Gasteiger partial charge in [-0.3, -0.25) is 4.79 Å². The summed E-state index contributed by atoms with van der Waals surface area (Å²) in [5.74, 6) is 0.427. The summed E-state index contributed by atoms with van der Waals surface area (Å²) in [5.41, 5.74) is 0.879. The van der Waals surface area contributed by atoms with Gasteiger partial charge in [0.2, 0.25) is 0 Å². The Bertz CT molecular complexity index is 895. The van der Waals surface area contributed by atoms with Gasteiger partial charge in [0.1, 0.15) is 13.2 Å². The third-order valence-corrected chi connectivity index (χ3v) is 5.00. The molecule has 0 aliphatic carbocycles. The summed E-state index contributed by atoms with van der Waals surface area (Å²) in [6, 6.07) is 12.6. The van der Waals surface area contributed by atoms with Crippen molar-refractivity contribution in [2.45, 2.75) is 39.0 Å². The van der Waals surface area contributed by atoms with Crippen molar-refractivity contribution in [3.63, 3.8) is 0 Å². The van der Waals surface area contributed by atoms with Crippen molar-refractivity contribution in [3.8, 4) is 0 Å². The number of hydrogen-bond donors (Lipinski definition) is 1. The molecule has 2 heterocycles. The van der Waals surface area contributed by atoms with Crippen molar-refractivity contribution in [2.24, 2.45) is 0 Å². The topological polar surface area (TPSA) is 99.0 Å². The van der Waals surface area contributed by atoms with Crippen molar-refractivity contribution in [1.82, 2.24) is 25.5 Å². The van der Waals surface area contributed by atoms with E-state index >= 15 is 0 Å². The number of Topliss-reactive ketones (excluding diaryl/α,β-unsaturated/α-hetero) is 1. The van der Waals surface area contributed by atoms with Crippen LogP contribution in [0, 0.1) is 0 Å². The molecular formula is C19H21N5O3S. The minimum absolute atomic E-state index is 0.00875. The number of tetrazole rings is 1. The minimum atomic E-state index is -0.665. The summed E-state index contributed by atoms with van der Waals surface area (Å²) >= 11 is 1.60. The largest absolute Gasteiger partial charge is 0.445 e. The molecule has 1 atom stereocenters. The van der Waals surface area contributed by atoms with Crippen molar-refractivity contribution in [1.29, 1.82) is 0 Å². The Labute approximate surface area is 166 Å². The summed E-state index contributed by atoms with van der Waals surface area (Å²) in [4.78, 5) is 25.8. The fourth-order valence-electron chi connectivity index (χ4n) is 2.62. The van der Waals surface area contributed by atoms with Crippen LogP contribution in [-0.2, 0) is 29.1 Å². The molecule has 9 heteroatoms. The number of rotatable bonds is 9. The number of hydrogen-bond acceptors (Lipinski definition) is 7. The monoisotopic (exact) mass is 399 g/mol. The van der Waals surface area contributed by atoms with E-state index in [0.29, 0.717) is 18.7 Å². The number of nitrogens with one attached hydrogen (secondary N) is 1. The smallest absolute Gasteiger partial charge is 0.408 e. The third-order valence-electron chi connectivity index (χ3n) is 4.13. The van der Waals surface area contributed by atoms with Gasteiger partial charge in [0, 0.05) is 11.3 Å². The van der Waals surface area contributed by atoms with Crippen LogP contribution in [0.5, 0.6) is 0 Å². The maximum atomic E-state index is 12.6. The molecule has 28 heavy (non-hydrogen) atoms. The van der Waals surface area contributed by atoms with Crippen LogP contribution in [0.4, 0.5) is 4.79 Å². The number of carbonyl (C=O) groups excluding carboxylic acids is 2. The fraction of sp³-hybridized carbons (Fsp3) is 0.316. The Morgan fingerprint density at radius 2 is 2.04 bits per heavy atom. The Morgan fingerprint density at radius 3 is 2.75 bits per heavy atom. The van der Waals surface area contributed by atoms with Gasteiger partial charge < -0.3 is 10.1 Å². The van der Waals surface area contributed by atoms with Crippen LogP contribution in [0.2, 0.25) is 0 Å². The molecule has 8 nitrogen and oxygen atoms in total. The highest BCUT2D eigenvalue weighted by molar-refractivity contribution is 7.09. The van der Waals surface area contributed by atoms with Crippen LogP contribution in [0.1, 0.15) is 29.6 Å². The van der Waals surface area contributed by atoms with E-state index in [-0.39, 0.29) is 18.9 Å². The van der Waals surface area contributed by atoms with Crippen LogP contribution in [0.15, 0.2) is 47.8 Å². The maximum absolute atomic E-state index is 12.6. The highest BCUT2D eigenvalue weighted by Gasteiger charge is 2.22. The lowest BCUT2D eigenvalue weighted by atomic mass is 10.1. The molecule has 0 fully saturated rings. The first-order valence-electron chi connectivity index (χ1n) is 8.93.